The molecule has 3 aromatic rings. The van der Waals surface area contributed by atoms with E-state index in [2.05, 4.69) is 34.7 Å². The second-order valence-electron chi connectivity index (χ2n) is 7.07. The summed E-state index contributed by atoms with van der Waals surface area (Å²) in [5, 5.41) is 7.21. The van der Waals surface area contributed by atoms with Crippen molar-refractivity contribution in [3.05, 3.63) is 71.2 Å². The van der Waals surface area contributed by atoms with Gasteiger partial charge in [-0.15, -0.1) is 0 Å². The van der Waals surface area contributed by atoms with Crippen LogP contribution in [0.2, 0.25) is 0 Å². The lowest BCUT2D eigenvalue weighted by Crippen LogP contribution is -2.26. The molecular formula is C22H25FN4O. The van der Waals surface area contributed by atoms with Crippen molar-refractivity contribution in [2.75, 3.05) is 25.5 Å². The molecule has 1 N–H and O–H groups in total. The van der Waals surface area contributed by atoms with Crippen LogP contribution in [-0.4, -0.2) is 36.3 Å². The van der Waals surface area contributed by atoms with E-state index in [4.69, 9.17) is 0 Å². The molecule has 0 aliphatic carbocycles. The molecule has 6 heteroatoms. The van der Waals surface area contributed by atoms with Crippen LogP contribution in [0.3, 0.4) is 0 Å². The van der Waals surface area contributed by atoms with Crippen molar-refractivity contribution < 1.29 is 9.18 Å². The number of hydrogen-bond acceptors (Lipinski definition) is 3. The van der Waals surface area contributed by atoms with E-state index in [1.807, 2.05) is 19.0 Å². The highest BCUT2D eigenvalue weighted by Crippen LogP contribution is 2.22. The van der Waals surface area contributed by atoms with Gasteiger partial charge in [-0.3, -0.25) is 9.48 Å². The molecule has 2 aromatic carbocycles. The van der Waals surface area contributed by atoms with Gasteiger partial charge in [-0.1, -0.05) is 12.1 Å². The van der Waals surface area contributed by atoms with E-state index in [-0.39, 0.29) is 11.7 Å². The van der Waals surface area contributed by atoms with E-state index in [1.54, 1.807) is 36.9 Å². The number of nitrogens with one attached hydrogen (secondary N) is 1. The zero-order chi connectivity index (χ0) is 20.3. The van der Waals surface area contributed by atoms with Crippen LogP contribution in [0.25, 0.3) is 11.3 Å². The molecule has 3 rings (SSSR count). The fourth-order valence-corrected chi connectivity index (χ4v) is 3.02. The van der Waals surface area contributed by atoms with Gasteiger partial charge in [0.15, 0.2) is 5.69 Å². The molecule has 0 bridgehead atoms. The maximum Gasteiger partial charge on any atom is 0.271 e. The standard InChI is InChI=1S/C22H25FN4O/c1-15-13-17(7-10-19(15)23)21-14-20(25-27(21)4)22(28)24-12-11-16-5-8-18(9-6-16)26(2)3/h5-10,13-14H,11-12H2,1-4H3,(H,24,28). The van der Waals surface area contributed by atoms with Gasteiger partial charge < -0.3 is 10.2 Å². The van der Waals surface area contributed by atoms with Crippen LogP contribution < -0.4 is 10.2 Å². The van der Waals surface area contributed by atoms with Gasteiger partial charge in [0.25, 0.3) is 5.91 Å². The topological polar surface area (TPSA) is 50.2 Å². The lowest BCUT2D eigenvalue weighted by Gasteiger charge is -2.12. The first-order valence-electron chi connectivity index (χ1n) is 9.20. The summed E-state index contributed by atoms with van der Waals surface area (Å²) in [6.45, 7) is 2.25. The van der Waals surface area contributed by atoms with Crippen LogP contribution in [-0.2, 0) is 13.5 Å². The molecule has 5 nitrogen and oxygen atoms in total. The van der Waals surface area contributed by atoms with Crippen molar-refractivity contribution in [1.82, 2.24) is 15.1 Å². The van der Waals surface area contributed by atoms with Crippen molar-refractivity contribution in [2.45, 2.75) is 13.3 Å². The third-order valence-corrected chi connectivity index (χ3v) is 4.72. The Morgan fingerprint density at radius 3 is 2.50 bits per heavy atom. The first-order valence-corrected chi connectivity index (χ1v) is 9.20. The summed E-state index contributed by atoms with van der Waals surface area (Å²) in [6.07, 6.45) is 0.746. The SMILES string of the molecule is Cc1cc(-c2cc(C(=O)NCCc3ccc(N(C)C)cc3)nn2C)ccc1F. The monoisotopic (exact) mass is 380 g/mol. The number of hydrogen-bond donors (Lipinski definition) is 1. The summed E-state index contributed by atoms with van der Waals surface area (Å²) >= 11 is 0. The number of benzene rings is 2. The molecular weight excluding hydrogens is 355 g/mol. The molecule has 1 aromatic heterocycles. The highest BCUT2D eigenvalue weighted by molar-refractivity contribution is 5.93. The number of nitrogens with zero attached hydrogens (tertiary/aromatic N) is 3. The Bertz CT molecular complexity index is 977. The lowest BCUT2D eigenvalue weighted by molar-refractivity contribution is 0.0948. The zero-order valence-electron chi connectivity index (χ0n) is 16.7. The normalized spacial score (nSPS) is 10.8. The van der Waals surface area contributed by atoms with E-state index in [9.17, 15) is 9.18 Å². The Hall–Kier alpha value is -3.15. The second kappa shape index (κ2) is 8.25. The van der Waals surface area contributed by atoms with E-state index < -0.39 is 0 Å². The fraction of sp³-hybridized carbons (Fsp3) is 0.273. The summed E-state index contributed by atoms with van der Waals surface area (Å²) in [6, 6.07) is 14.9. The number of anilines is 1. The molecule has 1 amide bonds. The highest BCUT2D eigenvalue weighted by atomic mass is 19.1. The number of rotatable bonds is 6. The van der Waals surface area contributed by atoms with Crippen molar-refractivity contribution in [3.8, 4) is 11.3 Å². The lowest BCUT2D eigenvalue weighted by atomic mass is 10.1. The first-order chi connectivity index (χ1) is 13.3. The molecule has 0 atom stereocenters. The van der Waals surface area contributed by atoms with Gasteiger partial charge in [0.05, 0.1) is 5.69 Å². The van der Waals surface area contributed by atoms with Crippen molar-refractivity contribution in [3.63, 3.8) is 0 Å². The Balaban J connectivity index is 1.62. The van der Waals surface area contributed by atoms with Crippen molar-refractivity contribution >= 4 is 11.6 Å². The van der Waals surface area contributed by atoms with E-state index >= 15 is 0 Å². The molecule has 0 aliphatic heterocycles. The van der Waals surface area contributed by atoms with Crippen LogP contribution in [0.1, 0.15) is 21.6 Å². The number of carbonyl (C=O) groups excluding carboxylic acids is 1. The second-order valence-corrected chi connectivity index (χ2v) is 7.07. The molecule has 0 radical (unpaired) electrons. The number of amides is 1. The molecule has 0 aliphatic rings. The minimum atomic E-state index is -0.248. The highest BCUT2D eigenvalue weighted by Gasteiger charge is 2.14. The van der Waals surface area contributed by atoms with Gasteiger partial charge in [0, 0.05) is 38.9 Å². The average Bonchev–Trinajstić information content (AvgIpc) is 3.06. The van der Waals surface area contributed by atoms with Crippen LogP contribution in [0.4, 0.5) is 10.1 Å². The van der Waals surface area contributed by atoms with Gasteiger partial charge >= 0.3 is 0 Å². The van der Waals surface area contributed by atoms with E-state index in [0.29, 0.717) is 17.8 Å². The van der Waals surface area contributed by atoms with E-state index in [1.165, 1.54) is 6.07 Å². The molecule has 146 valence electrons. The predicted molar refractivity (Wildman–Crippen MR) is 110 cm³/mol. The quantitative estimate of drug-likeness (QED) is 0.711. The Kier molecular flexibility index (Phi) is 5.78. The Morgan fingerprint density at radius 1 is 1.14 bits per heavy atom. The summed E-state index contributed by atoms with van der Waals surface area (Å²) < 4.78 is 15.1. The minimum absolute atomic E-state index is 0.217. The Labute approximate surface area is 164 Å². The maximum atomic E-state index is 13.5. The summed E-state index contributed by atoms with van der Waals surface area (Å²) in [4.78, 5) is 14.5. The maximum absolute atomic E-state index is 13.5. The summed E-state index contributed by atoms with van der Waals surface area (Å²) in [5.74, 6) is -0.465. The Morgan fingerprint density at radius 2 is 1.86 bits per heavy atom. The van der Waals surface area contributed by atoms with Gasteiger partial charge in [0.1, 0.15) is 5.82 Å². The molecule has 0 fully saturated rings. The largest absolute Gasteiger partial charge is 0.378 e. The van der Waals surface area contributed by atoms with Crippen LogP contribution in [0.5, 0.6) is 0 Å². The number of aryl methyl sites for hydroxylation is 2. The third kappa shape index (κ3) is 4.39. The van der Waals surface area contributed by atoms with Crippen molar-refractivity contribution in [1.29, 1.82) is 0 Å². The molecule has 1 heterocycles. The third-order valence-electron chi connectivity index (χ3n) is 4.72. The minimum Gasteiger partial charge on any atom is -0.378 e. The van der Waals surface area contributed by atoms with Gasteiger partial charge in [0.2, 0.25) is 0 Å². The molecule has 0 spiro atoms. The predicted octanol–water partition coefficient (Wildman–Crippen LogP) is 3.57. The molecule has 0 unspecified atom stereocenters. The zero-order valence-corrected chi connectivity index (χ0v) is 16.7. The van der Waals surface area contributed by atoms with Crippen LogP contribution in [0.15, 0.2) is 48.5 Å². The first kappa shape index (κ1) is 19.6. The van der Waals surface area contributed by atoms with Crippen LogP contribution >= 0.6 is 0 Å². The average molecular weight is 380 g/mol. The fourth-order valence-electron chi connectivity index (χ4n) is 3.02. The number of aromatic nitrogens is 2. The molecule has 28 heavy (non-hydrogen) atoms. The smallest absolute Gasteiger partial charge is 0.271 e. The molecule has 0 saturated heterocycles. The summed E-state index contributed by atoms with van der Waals surface area (Å²) in [7, 11) is 5.78. The van der Waals surface area contributed by atoms with Gasteiger partial charge in [-0.05, 0) is 60.9 Å². The summed E-state index contributed by atoms with van der Waals surface area (Å²) in [5.41, 5.74) is 4.81. The van der Waals surface area contributed by atoms with Gasteiger partial charge in [-0.2, -0.15) is 5.10 Å². The van der Waals surface area contributed by atoms with Crippen molar-refractivity contribution in [2.24, 2.45) is 7.05 Å². The van der Waals surface area contributed by atoms with Gasteiger partial charge in [-0.25, -0.2) is 4.39 Å². The number of halogens is 1. The number of carbonyl (C=O) groups is 1. The van der Waals surface area contributed by atoms with E-state index in [0.717, 1.165) is 28.9 Å². The van der Waals surface area contributed by atoms with Crippen LogP contribution in [0, 0.1) is 12.7 Å². The molecule has 0 saturated carbocycles.